The molecule has 0 atom stereocenters. The Bertz CT molecular complexity index is 240. The molecule has 0 aliphatic carbocycles. The monoisotopic (exact) mass is 137 g/mol. The van der Waals surface area contributed by atoms with Crippen molar-refractivity contribution in [3.63, 3.8) is 0 Å². The first-order chi connectivity index (χ1) is 4.70. The second-order valence-corrected chi connectivity index (χ2v) is 2.09. The van der Waals surface area contributed by atoms with Crippen molar-refractivity contribution in [2.75, 3.05) is 5.84 Å². The molecule has 3 heteroatoms. The molecule has 52 valence electrons. The van der Waals surface area contributed by atoms with Crippen molar-refractivity contribution in [1.82, 2.24) is 0 Å². The Morgan fingerprint density at radius 3 is 2.40 bits per heavy atom. The molecule has 0 aliphatic heterocycles. The normalized spacial score (nSPS) is 9.30. The van der Waals surface area contributed by atoms with E-state index in [1.807, 2.05) is 0 Å². The molecule has 2 N–H and O–H groups in total. The summed E-state index contributed by atoms with van der Waals surface area (Å²) in [6.07, 6.45) is 3.27. The van der Waals surface area contributed by atoms with Crippen molar-refractivity contribution >= 4 is 5.78 Å². The van der Waals surface area contributed by atoms with Crippen LogP contribution in [0, 0.1) is 0 Å². The van der Waals surface area contributed by atoms with Crippen LogP contribution < -0.4 is 10.5 Å². The zero-order chi connectivity index (χ0) is 7.56. The summed E-state index contributed by atoms with van der Waals surface area (Å²) in [5, 5.41) is 0. The number of hydrogen-bond acceptors (Lipinski definition) is 2. The van der Waals surface area contributed by atoms with E-state index in [0.717, 1.165) is 0 Å². The fourth-order valence-corrected chi connectivity index (χ4v) is 0.673. The summed E-state index contributed by atoms with van der Waals surface area (Å²) in [5.74, 6) is 5.39. The number of Topliss-reactive ketones (excluding diaryl/α,β-unsaturated/α-hetero) is 1. The minimum Gasteiger partial charge on any atom is -0.295 e. The Balaban J connectivity index is 3.00. The van der Waals surface area contributed by atoms with Crippen molar-refractivity contribution in [3.8, 4) is 0 Å². The molecular weight excluding hydrogens is 128 g/mol. The highest BCUT2D eigenvalue weighted by molar-refractivity contribution is 5.93. The van der Waals surface area contributed by atoms with Gasteiger partial charge in [-0.1, -0.05) is 4.68 Å². The number of pyridine rings is 1. The zero-order valence-corrected chi connectivity index (χ0v) is 5.74. The first-order valence-corrected chi connectivity index (χ1v) is 2.97. The minimum atomic E-state index is 0.0561. The van der Waals surface area contributed by atoms with Crippen LogP contribution in [0.4, 0.5) is 0 Å². The largest absolute Gasteiger partial charge is 0.295 e. The molecule has 10 heavy (non-hydrogen) atoms. The van der Waals surface area contributed by atoms with Gasteiger partial charge in [-0.3, -0.25) is 4.79 Å². The van der Waals surface area contributed by atoms with Crippen LogP contribution in [0.2, 0.25) is 0 Å². The van der Waals surface area contributed by atoms with Crippen LogP contribution in [0.3, 0.4) is 0 Å². The Kier molecular flexibility index (Phi) is 1.67. The number of carbonyl (C=O) groups is 1. The molecule has 0 radical (unpaired) electrons. The summed E-state index contributed by atoms with van der Waals surface area (Å²) in [7, 11) is 0. The molecule has 0 spiro atoms. The molecule has 1 aromatic heterocycles. The maximum atomic E-state index is 10.7. The van der Waals surface area contributed by atoms with E-state index < -0.39 is 0 Å². The third-order valence-electron chi connectivity index (χ3n) is 1.26. The number of hydrogen-bond donors (Lipinski definition) is 1. The summed E-state index contributed by atoms with van der Waals surface area (Å²) in [5.41, 5.74) is 0.682. The van der Waals surface area contributed by atoms with E-state index in [-0.39, 0.29) is 5.78 Å². The molecule has 1 heterocycles. The number of rotatable bonds is 1. The van der Waals surface area contributed by atoms with Crippen molar-refractivity contribution in [2.45, 2.75) is 6.92 Å². The molecule has 1 aromatic rings. The molecule has 0 unspecified atom stereocenters. The fourth-order valence-electron chi connectivity index (χ4n) is 0.673. The molecule has 0 bridgehead atoms. The summed E-state index contributed by atoms with van der Waals surface area (Å²) in [6, 6.07) is 3.37. The van der Waals surface area contributed by atoms with Gasteiger partial charge in [-0.25, -0.2) is 5.84 Å². The maximum absolute atomic E-state index is 10.7. The molecule has 0 fully saturated rings. The Morgan fingerprint density at radius 1 is 1.50 bits per heavy atom. The number of nitrogens with two attached hydrogens (primary N) is 1. The first-order valence-electron chi connectivity index (χ1n) is 2.97. The summed E-state index contributed by atoms with van der Waals surface area (Å²) in [4.78, 5) is 10.7. The van der Waals surface area contributed by atoms with E-state index >= 15 is 0 Å². The molecule has 0 aliphatic rings. The van der Waals surface area contributed by atoms with Crippen LogP contribution in [0.5, 0.6) is 0 Å². The van der Waals surface area contributed by atoms with Crippen LogP contribution >= 0.6 is 0 Å². The van der Waals surface area contributed by atoms with Gasteiger partial charge in [-0.15, -0.1) is 0 Å². The van der Waals surface area contributed by atoms with Crippen molar-refractivity contribution in [3.05, 3.63) is 30.1 Å². The van der Waals surface area contributed by atoms with Gasteiger partial charge in [0.25, 0.3) is 0 Å². The first kappa shape index (κ1) is 6.74. The fraction of sp³-hybridized carbons (Fsp3) is 0.143. The number of nitrogens with zero attached hydrogens (tertiary/aromatic N) is 1. The highest BCUT2D eigenvalue weighted by Gasteiger charge is 1.99. The predicted molar refractivity (Wildman–Crippen MR) is 36.8 cm³/mol. The summed E-state index contributed by atoms with van der Waals surface area (Å²) >= 11 is 0. The molecule has 0 saturated carbocycles. The lowest BCUT2D eigenvalue weighted by Crippen LogP contribution is -2.43. The number of carbonyl (C=O) groups excluding carboxylic acids is 1. The van der Waals surface area contributed by atoms with Gasteiger partial charge in [0.1, 0.15) is 0 Å². The highest BCUT2D eigenvalue weighted by atomic mass is 16.1. The molecule has 0 amide bonds. The van der Waals surface area contributed by atoms with Crippen LogP contribution in [0.15, 0.2) is 24.5 Å². The number of nitrogen functional groups attached to an aromatic ring is 1. The molecule has 1 rings (SSSR count). The zero-order valence-electron chi connectivity index (χ0n) is 5.74. The van der Waals surface area contributed by atoms with Crippen LogP contribution in [-0.4, -0.2) is 5.78 Å². The van der Waals surface area contributed by atoms with E-state index in [0.29, 0.717) is 5.56 Å². The van der Waals surface area contributed by atoms with Gasteiger partial charge in [-0.05, 0) is 6.92 Å². The smallest absolute Gasteiger partial charge is 0.199 e. The van der Waals surface area contributed by atoms with Gasteiger partial charge in [0.05, 0.1) is 0 Å². The standard InChI is InChI=1S/C7H8N2O/c1-6(10)7-2-4-9(8)5-3-7/h2-5H,1H3,(H-,8,10)/p+1. The lowest BCUT2D eigenvalue weighted by Gasteiger charge is -1.89. The van der Waals surface area contributed by atoms with E-state index in [9.17, 15) is 4.79 Å². The maximum Gasteiger partial charge on any atom is 0.199 e. The number of ketones is 1. The molecule has 0 aromatic carbocycles. The Labute approximate surface area is 59.1 Å². The van der Waals surface area contributed by atoms with Gasteiger partial charge in [0.2, 0.25) is 0 Å². The van der Waals surface area contributed by atoms with E-state index in [4.69, 9.17) is 5.84 Å². The van der Waals surface area contributed by atoms with Crippen molar-refractivity contribution in [2.24, 2.45) is 0 Å². The molecule has 0 saturated heterocycles. The lowest BCUT2D eigenvalue weighted by atomic mass is 10.2. The van der Waals surface area contributed by atoms with Crippen LogP contribution in [0.25, 0.3) is 0 Å². The summed E-state index contributed by atoms with van der Waals surface area (Å²) in [6.45, 7) is 1.52. The summed E-state index contributed by atoms with van der Waals surface area (Å²) < 4.78 is 1.40. The van der Waals surface area contributed by atoms with Crippen molar-refractivity contribution in [1.29, 1.82) is 0 Å². The second-order valence-electron chi connectivity index (χ2n) is 2.09. The minimum absolute atomic E-state index is 0.0561. The Morgan fingerprint density at radius 2 is 2.00 bits per heavy atom. The van der Waals surface area contributed by atoms with E-state index in [1.165, 1.54) is 11.6 Å². The van der Waals surface area contributed by atoms with E-state index in [2.05, 4.69) is 0 Å². The number of aromatic nitrogens is 1. The molecule has 3 nitrogen and oxygen atoms in total. The SMILES string of the molecule is CC(=O)c1cc[n+](N)cc1. The van der Waals surface area contributed by atoms with Crippen LogP contribution in [0.1, 0.15) is 17.3 Å². The van der Waals surface area contributed by atoms with Crippen molar-refractivity contribution < 1.29 is 9.47 Å². The van der Waals surface area contributed by atoms with Gasteiger partial charge in [0, 0.05) is 17.7 Å². The topological polar surface area (TPSA) is 47.0 Å². The Hall–Kier alpha value is -1.38. The van der Waals surface area contributed by atoms with Gasteiger partial charge in [0.15, 0.2) is 18.2 Å². The average Bonchev–Trinajstić information content (AvgIpc) is 1.88. The van der Waals surface area contributed by atoms with Gasteiger partial charge < -0.3 is 0 Å². The lowest BCUT2D eigenvalue weighted by molar-refractivity contribution is -0.638. The average molecular weight is 137 g/mol. The quantitative estimate of drug-likeness (QED) is 0.333. The van der Waals surface area contributed by atoms with Gasteiger partial charge in [-0.2, -0.15) is 0 Å². The predicted octanol–water partition coefficient (Wildman–Crippen LogP) is -0.110. The van der Waals surface area contributed by atoms with Gasteiger partial charge >= 0.3 is 0 Å². The third kappa shape index (κ3) is 1.31. The van der Waals surface area contributed by atoms with E-state index in [1.54, 1.807) is 24.5 Å². The van der Waals surface area contributed by atoms with Crippen LogP contribution in [-0.2, 0) is 0 Å². The molecular formula is C7H9N2O+. The highest BCUT2D eigenvalue weighted by Crippen LogP contribution is 1.93. The second kappa shape index (κ2) is 2.47. The third-order valence-corrected chi connectivity index (χ3v) is 1.26.